The summed E-state index contributed by atoms with van der Waals surface area (Å²) in [6.45, 7) is 2.93. The molecule has 0 aromatic heterocycles. The van der Waals surface area contributed by atoms with Gasteiger partial charge in [-0.1, -0.05) is 6.07 Å². The van der Waals surface area contributed by atoms with E-state index in [0.29, 0.717) is 25.1 Å². The van der Waals surface area contributed by atoms with E-state index >= 15 is 0 Å². The lowest BCUT2D eigenvalue weighted by molar-refractivity contribution is 0.0615. The van der Waals surface area contributed by atoms with Gasteiger partial charge in [0.15, 0.2) is 0 Å². The molecule has 2 N–H and O–H groups in total. The topological polar surface area (TPSA) is 65.3 Å². The Hall–Kier alpha value is -1.57. The van der Waals surface area contributed by atoms with Crippen molar-refractivity contribution in [2.45, 2.75) is 19.4 Å². The summed E-state index contributed by atoms with van der Waals surface area (Å²) >= 11 is 0. The SMILES string of the molecule is COCC(O)CCNc1cc(C)ccc1C#N. The number of methoxy groups -OCH3 is 1. The molecule has 4 heteroatoms. The lowest BCUT2D eigenvalue weighted by atomic mass is 10.1. The Balaban J connectivity index is 2.51. The molecule has 1 unspecified atom stereocenters. The summed E-state index contributed by atoms with van der Waals surface area (Å²) in [6, 6.07) is 7.77. The van der Waals surface area contributed by atoms with Gasteiger partial charge in [0.1, 0.15) is 6.07 Å². The molecular weight excluding hydrogens is 216 g/mol. The largest absolute Gasteiger partial charge is 0.391 e. The molecule has 17 heavy (non-hydrogen) atoms. The first-order valence-corrected chi connectivity index (χ1v) is 5.59. The minimum atomic E-state index is -0.470. The lowest BCUT2D eigenvalue weighted by Gasteiger charge is -2.12. The summed E-state index contributed by atoms with van der Waals surface area (Å²) in [6.07, 6.45) is 0.120. The van der Waals surface area contributed by atoms with E-state index in [1.54, 1.807) is 13.2 Å². The van der Waals surface area contributed by atoms with Crippen LogP contribution in [0, 0.1) is 18.3 Å². The predicted molar refractivity (Wildman–Crippen MR) is 66.9 cm³/mol. The Morgan fingerprint density at radius 1 is 1.53 bits per heavy atom. The zero-order chi connectivity index (χ0) is 12.7. The van der Waals surface area contributed by atoms with Gasteiger partial charge < -0.3 is 15.2 Å². The maximum absolute atomic E-state index is 9.48. The summed E-state index contributed by atoms with van der Waals surface area (Å²) in [7, 11) is 1.56. The monoisotopic (exact) mass is 234 g/mol. The highest BCUT2D eigenvalue weighted by molar-refractivity contribution is 5.58. The van der Waals surface area contributed by atoms with Crippen molar-refractivity contribution < 1.29 is 9.84 Å². The van der Waals surface area contributed by atoms with Gasteiger partial charge in [-0.15, -0.1) is 0 Å². The van der Waals surface area contributed by atoms with Crippen molar-refractivity contribution in [3.8, 4) is 6.07 Å². The highest BCUT2D eigenvalue weighted by Gasteiger charge is 2.05. The number of ether oxygens (including phenoxy) is 1. The summed E-state index contributed by atoms with van der Waals surface area (Å²) in [5.74, 6) is 0. The van der Waals surface area contributed by atoms with Gasteiger partial charge in [-0.3, -0.25) is 0 Å². The van der Waals surface area contributed by atoms with E-state index in [-0.39, 0.29) is 0 Å². The quantitative estimate of drug-likeness (QED) is 0.786. The molecule has 0 bridgehead atoms. The number of benzene rings is 1. The lowest BCUT2D eigenvalue weighted by Crippen LogP contribution is -2.18. The highest BCUT2D eigenvalue weighted by Crippen LogP contribution is 2.16. The van der Waals surface area contributed by atoms with Crippen molar-refractivity contribution in [2.24, 2.45) is 0 Å². The molecule has 0 heterocycles. The van der Waals surface area contributed by atoms with Crippen LogP contribution in [0.3, 0.4) is 0 Å². The molecule has 1 aromatic rings. The van der Waals surface area contributed by atoms with Gasteiger partial charge in [0.25, 0.3) is 0 Å². The second kappa shape index (κ2) is 6.89. The third-order valence-electron chi connectivity index (χ3n) is 2.45. The molecule has 1 aromatic carbocycles. The first-order chi connectivity index (χ1) is 8.17. The number of hydrogen-bond donors (Lipinski definition) is 2. The molecule has 0 saturated heterocycles. The van der Waals surface area contributed by atoms with Gasteiger partial charge in [-0.2, -0.15) is 5.26 Å². The van der Waals surface area contributed by atoms with E-state index in [4.69, 9.17) is 10.00 Å². The van der Waals surface area contributed by atoms with E-state index in [1.165, 1.54) is 0 Å². The average Bonchev–Trinajstić information content (AvgIpc) is 2.30. The Bertz CT molecular complexity index is 399. The number of nitrogens with one attached hydrogen (secondary N) is 1. The molecule has 0 saturated carbocycles. The molecule has 0 amide bonds. The maximum atomic E-state index is 9.48. The molecule has 1 atom stereocenters. The van der Waals surface area contributed by atoms with Crippen molar-refractivity contribution in [3.05, 3.63) is 29.3 Å². The predicted octanol–water partition coefficient (Wildman–Crippen LogP) is 1.68. The van der Waals surface area contributed by atoms with Gasteiger partial charge in [-0.25, -0.2) is 0 Å². The number of rotatable bonds is 6. The van der Waals surface area contributed by atoms with Crippen molar-refractivity contribution in [1.82, 2.24) is 0 Å². The van der Waals surface area contributed by atoms with E-state index in [1.807, 2.05) is 19.1 Å². The maximum Gasteiger partial charge on any atom is 0.101 e. The van der Waals surface area contributed by atoms with Gasteiger partial charge in [-0.05, 0) is 31.0 Å². The number of hydrogen-bond acceptors (Lipinski definition) is 4. The van der Waals surface area contributed by atoms with E-state index < -0.39 is 6.10 Å². The highest BCUT2D eigenvalue weighted by atomic mass is 16.5. The first-order valence-electron chi connectivity index (χ1n) is 5.59. The summed E-state index contributed by atoms with van der Waals surface area (Å²) < 4.78 is 4.84. The molecule has 0 aliphatic heterocycles. The smallest absolute Gasteiger partial charge is 0.101 e. The molecule has 1 rings (SSSR count). The van der Waals surface area contributed by atoms with Gasteiger partial charge in [0.2, 0.25) is 0 Å². The molecule has 0 radical (unpaired) electrons. The van der Waals surface area contributed by atoms with Gasteiger partial charge >= 0.3 is 0 Å². The zero-order valence-electron chi connectivity index (χ0n) is 10.2. The van der Waals surface area contributed by atoms with Crippen LogP contribution in [-0.4, -0.2) is 31.5 Å². The summed E-state index contributed by atoms with van der Waals surface area (Å²) in [4.78, 5) is 0. The van der Waals surface area contributed by atoms with E-state index in [9.17, 15) is 5.11 Å². The third kappa shape index (κ3) is 4.43. The minimum Gasteiger partial charge on any atom is -0.391 e. The van der Waals surface area contributed by atoms with Crippen LogP contribution >= 0.6 is 0 Å². The number of aryl methyl sites for hydroxylation is 1. The number of aliphatic hydroxyl groups is 1. The molecule has 0 aliphatic rings. The van der Waals surface area contributed by atoms with Crippen LogP contribution in [0.2, 0.25) is 0 Å². The fourth-order valence-corrected chi connectivity index (χ4v) is 1.55. The van der Waals surface area contributed by atoms with Gasteiger partial charge in [0.05, 0.1) is 24.0 Å². The fraction of sp³-hybridized carbons (Fsp3) is 0.462. The molecular formula is C13H18N2O2. The molecule has 0 spiro atoms. The van der Waals surface area contributed by atoms with Crippen LogP contribution in [0.1, 0.15) is 17.5 Å². The summed E-state index contributed by atoms with van der Waals surface area (Å²) in [5.41, 5.74) is 2.54. The Labute approximate surface area is 102 Å². The summed E-state index contributed by atoms with van der Waals surface area (Å²) in [5, 5.41) is 21.6. The molecule has 92 valence electrons. The normalized spacial score (nSPS) is 11.9. The number of nitriles is 1. The minimum absolute atomic E-state index is 0.334. The average molecular weight is 234 g/mol. The second-order valence-corrected chi connectivity index (χ2v) is 3.99. The van der Waals surface area contributed by atoms with Crippen molar-refractivity contribution in [2.75, 3.05) is 25.6 Å². The van der Waals surface area contributed by atoms with Crippen molar-refractivity contribution in [3.63, 3.8) is 0 Å². The number of aliphatic hydroxyl groups excluding tert-OH is 1. The first kappa shape index (κ1) is 13.5. The van der Waals surface area contributed by atoms with E-state index in [0.717, 1.165) is 11.3 Å². The van der Waals surface area contributed by atoms with Crippen LogP contribution in [0.15, 0.2) is 18.2 Å². The van der Waals surface area contributed by atoms with Crippen LogP contribution in [0.5, 0.6) is 0 Å². The Morgan fingerprint density at radius 2 is 2.29 bits per heavy atom. The van der Waals surface area contributed by atoms with E-state index in [2.05, 4.69) is 11.4 Å². The fourth-order valence-electron chi connectivity index (χ4n) is 1.55. The van der Waals surface area contributed by atoms with Gasteiger partial charge in [0, 0.05) is 13.7 Å². The molecule has 4 nitrogen and oxygen atoms in total. The standard InChI is InChI=1S/C13H18N2O2/c1-10-3-4-11(8-14)13(7-10)15-6-5-12(16)9-17-2/h3-4,7,12,15-16H,5-6,9H2,1-2H3. The third-order valence-corrected chi connectivity index (χ3v) is 2.45. The van der Waals surface area contributed by atoms with Crippen LogP contribution in [0.25, 0.3) is 0 Å². The number of nitrogens with zero attached hydrogens (tertiary/aromatic N) is 1. The molecule has 0 fully saturated rings. The second-order valence-electron chi connectivity index (χ2n) is 3.99. The van der Waals surface area contributed by atoms with Crippen LogP contribution in [0.4, 0.5) is 5.69 Å². The Morgan fingerprint density at radius 3 is 2.94 bits per heavy atom. The van der Waals surface area contributed by atoms with Crippen LogP contribution in [-0.2, 0) is 4.74 Å². The van der Waals surface area contributed by atoms with Crippen molar-refractivity contribution in [1.29, 1.82) is 5.26 Å². The molecule has 0 aliphatic carbocycles. The zero-order valence-corrected chi connectivity index (χ0v) is 10.2. The van der Waals surface area contributed by atoms with Crippen LogP contribution < -0.4 is 5.32 Å². The van der Waals surface area contributed by atoms with Crippen molar-refractivity contribution >= 4 is 5.69 Å². The number of anilines is 1. The Kier molecular flexibility index (Phi) is 5.47.